The molecule has 0 aromatic carbocycles. The highest BCUT2D eigenvalue weighted by atomic mass is 35.5. The number of hydrogen-bond acceptors (Lipinski definition) is 1. The largest absolute Gasteiger partial charge is 0.328 e. The Labute approximate surface area is 67.4 Å². The van der Waals surface area contributed by atoms with E-state index in [1.807, 2.05) is 0 Å². The summed E-state index contributed by atoms with van der Waals surface area (Å²) in [6.07, 6.45) is 2.22. The van der Waals surface area contributed by atoms with Crippen molar-refractivity contribution in [3.05, 3.63) is 0 Å². The average Bonchev–Trinajstić information content (AvgIpc) is 1.63. The second-order valence-corrected chi connectivity index (χ2v) is 3.38. The van der Waals surface area contributed by atoms with Gasteiger partial charge in [-0.2, -0.15) is 0 Å². The van der Waals surface area contributed by atoms with Crippen LogP contribution in [0, 0.1) is 5.41 Å². The van der Waals surface area contributed by atoms with Crippen LogP contribution in [-0.2, 0) is 0 Å². The molecule has 1 aliphatic carbocycles. The lowest BCUT2D eigenvalue weighted by atomic mass is 9.69. The summed E-state index contributed by atoms with van der Waals surface area (Å²) in [5, 5.41) is 0. The van der Waals surface area contributed by atoms with Crippen LogP contribution in [0.1, 0.15) is 19.8 Å². The Hall–Kier alpha value is 0.540. The molecule has 0 heterocycles. The summed E-state index contributed by atoms with van der Waals surface area (Å²) in [5.74, 6) is 0.765. The third kappa shape index (κ3) is 1.99. The van der Waals surface area contributed by atoms with Gasteiger partial charge in [-0.05, 0) is 18.3 Å². The Morgan fingerprint density at radius 2 is 2.11 bits per heavy atom. The second kappa shape index (κ2) is 3.09. The minimum Gasteiger partial charge on any atom is -0.328 e. The number of hydrogen-bond donors (Lipinski definition) is 1. The topological polar surface area (TPSA) is 26.0 Å². The number of nitrogens with two attached hydrogens (primary N) is 1. The van der Waals surface area contributed by atoms with Crippen LogP contribution in [0.3, 0.4) is 0 Å². The molecule has 0 radical (unpaired) electrons. The van der Waals surface area contributed by atoms with Gasteiger partial charge < -0.3 is 5.73 Å². The molecule has 0 bridgehead atoms. The van der Waals surface area contributed by atoms with Crippen molar-refractivity contribution < 1.29 is 0 Å². The smallest absolute Gasteiger partial charge is 0.0278 e. The van der Waals surface area contributed by atoms with Gasteiger partial charge in [-0.15, -0.1) is 24.0 Å². The van der Waals surface area contributed by atoms with Crippen molar-refractivity contribution in [1.29, 1.82) is 0 Å². The van der Waals surface area contributed by atoms with Gasteiger partial charge in [0.05, 0.1) is 0 Å². The van der Waals surface area contributed by atoms with Crippen LogP contribution in [0.25, 0.3) is 0 Å². The molecule has 0 spiro atoms. The molecule has 1 saturated carbocycles. The molecular formula is C6H13Cl2N. The minimum absolute atomic E-state index is 0. The molecule has 1 aliphatic rings. The van der Waals surface area contributed by atoms with Gasteiger partial charge in [0.25, 0.3) is 0 Å². The van der Waals surface area contributed by atoms with E-state index < -0.39 is 0 Å². The predicted molar refractivity (Wildman–Crippen MR) is 43.3 cm³/mol. The van der Waals surface area contributed by atoms with E-state index in [0.717, 1.165) is 18.7 Å². The summed E-state index contributed by atoms with van der Waals surface area (Å²) in [5.41, 5.74) is 5.95. The van der Waals surface area contributed by atoms with Crippen molar-refractivity contribution in [3.63, 3.8) is 0 Å². The highest BCUT2D eigenvalue weighted by Crippen LogP contribution is 2.40. The van der Waals surface area contributed by atoms with Crippen molar-refractivity contribution >= 4 is 24.0 Å². The van der Waals surface area contributed by atoms with Crippen LogP contribution in [0.15, 0.2) is 0 Å². The van der Waals surface area contributed by atoms with Crippen LogP contribution >= 0.6 is 24.0 Å². The fourth-order valence-electron chi connectivity index (χ4n) is 1.32. The molecule has 0 atom stereocenters. The fraction of sp³-hybridized carbons (Fsp3) is 1.00. The van der Waals surface area contributed by atoms with Crippen molar-refractivity contribution in [3.8, 4) is 0 Å². The van der Waals surface area contributed by atoms with E-state index in [2.05, 4.69) is 6.92 Å². The van der Waals surface area contributed by atoms with Crippen LogP contribution in [-0.4, -0.2) is 11.9 Å². The van der Waals surface area contributed by atoms with Crippen molar-refractivity contribution in [2.75, 3.05) is 5.88 Å². The van der Waals surface area contributed by atoms with Crippen molar-refractivity contribution in [1.82, 2.24) is 0 Å². The molecule has 0 aromatic heterocycles. The zero-order chi connectivity index (χ0) is 6.20. The Morgan fingerprint density at radius 3 is 2.22 bits per heavy atom. The molecule has 9 heavy (non-hydrogen) atoms. The maximum atomic E-state index is 5.65. The van der Waals surface area contributed by atoms with E-state index in [-0.39, 0.29) is 12.4 Å². The Balaban J connectivity index is 0.000000640. The van der Waals surface area contributed by atoms with Crippen molar-refractivity contribution in [2.45, 2.75) is 25.8 Å². The average molecular weight is 170 g/mol. The standard InChI is InChI=1S/C6H12ClN.ClH/c1-6(4-7)2-5(8)3-6;/h5H,2-4,8H2,1H3;1H. The third-order valence-corrected chi connectivity index (χ3v) is 2.48. The summed E-state index contributed by atoms with van der Waals surface area (Å²) in [6, 6.07) is 0.429. The first-order valence-electron chi connectivity index (χ1n) is 2.98. The van der Waals surface area contributed by atoms with Crippen molar-refractivity contribution in [2.24, 2.45) is 11.1 Å². The first-order valence-corrected chi connectivity index (χ1v) is 3.51. The first kappa shape index (κ1) is 9.54. The quantitative estimate of drug-likeness (QED) is 0.596. The van der Waals surface area contributed by atoms with Gasteiger partial charge >= 0.3 is 0 Å². The minimum atomic E-state index is 0. The van der Waals surface area contributed by atoms with Gasteiger partial charge in [0.1, 0.15) is 0 Å². The van der Waals surface area contributed by atoms with Gasteiger partial charge in [-0.1, -0.05) is 6.92 Å². The maximum Gasteiger partial charge on any atom is 0.0278 e. The number of alkyl halides is 1. The molecule has 0 aliphatic heterocycles. The molecule has 1 rings (SSSR count). The lowest BCUT2D eigenvalue weighted by molar-refractivity contribution is 0.159. The summed E-state index contributed by atoms with van der Waals surface area (Å²) < 4.78 is 0. The lowest BCUT2D eigenvalue weighted by Gasteiger charge is -2.41. The van der Waals surface area contributed by atoms with Crippen LogP contribution < -0.4 is 5.73 Å². The molecule has 56 valence electrons. The molecule has 0 amide bonds. The van der Waals surface area contributed by atoms with Crippen LogP contribution in [0.2, 0.25) is 0 Å². The maximum absolute atomic E-state index is 5.65. The second-order valence-electron chi connectivity index (χ2n) is 3.11. The van der Waals surface area contributed by atoms with E-state index in [0.29, 0.717) is 11.5 Å². The van der Waals surface area contributed by atoms with E-state index in [9.17, 15) is 0 Å². The first-order chi connectivity index (χ1) is 3.66. The molecule has 1 fully saturated rings. The highest BCUT2D eigenvalue weighted by Gasteiger charge is 2.36. The normalized spacial score (nSPS) is 41.0. The zero-order valence-electron chi connectivity index (χ0n) is 5.56. The molecule has 0 saturated heterocycles. The van der Waals surface area contributed by atoms with Gasteiger partial charge in [0.15, 0.2) is 0 Å². The molecule has 2 N–H and O–H groups in total. The monoisotopic (exact) mass is 169 g/mol. The van der Waals surface area contributed by atoms with Crippen LogP contribution in [0.5, 0.6) is 0 Å². The van der Waals surface area contributed by atoms with E-state index in [1.165, 1.54) is 0 Å². The molecule has 1 nitrogen and oxygen atoms in total. The Kier molecular flexibility index (Phi) is 3.27. The summed E-state index contributed by atoms with van der Waals surface area (Å²) in [6.45, 7) is 2.18. The zero-order valence-corrected chi connectivity index (χ0v) is 7.13. The summed E-state index contributed by atoms with van der Waals surface area (Å²) in [4.78, 5) is 0. The van der Waals surface area contributed by atoms with E-state index in [1.54, 1.807) is 0 Å². The number of halogens is 2. The third-order valence-electron chi connectivity index (χ3n) is 1.83. The molecule has 0 unspecified atom stereocenters. The Bertz CT molecular complexity index is 89.1. The summed E-state index contributed by atoms with van der Waals surface area (Å²) >= 11 is 5.65. The summed E-state index contributed by atoms with van der Waals surface area (Å²) in [7, 11) is 0. The molecule has 3 heteroatoms. The predicted octanol–water partition coefficient (Wildman–Crippen LogP) is 1.77. The molecular weight excluding hydrogens is 157 g/mol. The molecule has 0 aromatic rings. The SMILES string of the molecule is CC1(CCl)CC(N)C1.Cl. The van der Waals surface area contributed by atoms with Gasteiger partial charge in [-0.25, -0.2) is 0 Å². The van der Waals surface area contributed by atoms with Crippen LogP contribution in [0.4, 0.5) is 0 Å². The highest BCUT2D eigenvalue weighted by molar-refractivity contribution is 6.18. The van der Waals surface area contributed by atoms with Gasteiger partial charge in [0, 0.05) is 11.9 Å². The van der Waals surface area contributed by atoms with Gasteiger partial charge in [-0.3, -0.25) is 0 Å². The number of rotatable bonds is 1. The van der Waals surface area contributed by atoms with Gasteiger partial charge in [0.2, 0.25) is 0 Å². The van der Waals surface area contributed by atoms with E-state index >= 15 is 0 Å². The fourth-order valence-corrected chi connectivity index (χ4v) is 1.53. The lowest BCUT2D eigenvalue weighted by Crippen LogP contribution is -2.45. The van der Waals surface area contributed by atoms with E-state index in [4.69, 9.17) is 17.3 Å². The Morgan fingerprint density at radius 1 is 1.67 bits per heavy atom.